The van der Waals surface area contributed by atoms with Crippen LogP contribution in [0.5, 0.6) is 0 Å². The first-order chi connectivity index (χ1) is 7.75. The van der Waals surface area contributed by atoms with E-state index in [1.54, 1.807) is 18.4 Å². The summed E-state index contributed by atoms with van der Waals surface area (Å²) in [4.78, 5) is 12.2. The molecule has 0 aliphatic heterocycles. The van der Waals surface area contributed by atoms with Crippen molar-refractivity contribution in [2.75, 3.05) is 6.54 Å². The average Bonchev–Trinajstić information content (AvgIpc) is 2.89. The van der Waals surface area contributed by atoms with Gasteiger partial charge in [-0.25, -0.2) is 0 Å². The van der Waals surface area contributed by atoms with Crippen molar-refractivity contribution < 1.29 is 9.21 Å². The van der Waals surface area contributed by atoms with Gasteiger partial charge in [0.05, 0.1) is 15.5 Å². The Morgan fingerprint density at radius 2 is 2.31 bits per heavy atom. The topological polar surface area (TPSA) is 42.2 Å². The first-order valence-corrected chi connectivity index (χ1v) is 6.01. The van der Waals surface area contributed by atoms with Crippen molar-refractivity contribution in [1.82, 2.24) is 5.32 Å². The summed E-state index contributed by atoms with van der Waals surface area (Å²) in [5.74, 6) is 0.771. The maximum atomic E-state index is 11.6. The highest BCUT2D eigenvalue weighted by Crippen LogP contribution is 2.20. The second-order valence-corrected chi connectivity index (χ2v) is 4.90. The Kier molecular flexibility index (Phi) is 3.64. The summed E-state index contributed by atoms with van der Waals surface area (Å²) >= 11 is 7.02. The molecular formula is C11H10ClNO2S. The quantitative estimate of drug-likeness (QED) is 0.913. The summed E-state index contributed by atoms with van der Waals surface area (Å²) in [6.45, 7) is 0.557. The first kappa shape index (κ1) is 11.2. The van der Waals surface area contributed by atoms with Gasteiger partial charge in [0.1, 0.15) is 5.76 Å². The predicted molar refractivity (Wildman–Crippen MR) is 64.1 cm³/mol. The number of nitrogens with one attached hydrogen (secondary N) is 1. The normalized spacial score (nSPS) is 10.3. The molecule has 16 heavy (non-hydrogen) atoms. The lowest BCUT2D eigenvalue weighted by molar-refractivity contribution is 0.0958. The highest BCUT2D eigenvalue weighted by molar-refractivity contribution is 7.17. The van der Waals surface area contributed by atoms with Crippen molar-refractivity contribution in [3.05, 3.63) is 45.5 Å². The van der Waals surface area contributed by atoms with E-state index in [4.69, 9.17) is 16.0 Å². The number of furan rings is 1. The molecule has 1 amide bonds. The van der Waals surface area contributed by atoms with E-state index in [0.29, 0.717) is 22.2 Å². The fourth-order valence-electron chi connectivity index (χ4n) is 1.28. The average molecular weight is 256 g/mol. The number of hydrogen-bond donors (Lipinski definition) is 1. The van der Waals surface area contributed by atoms with E-state index in [2.05, 4.69) is 5.32 Å². The van der Waals surface area contributed by atoms with Gasteiger partial charge in [-0.1, -0.05) is 11.6 Å². The van der Waals surface area contributed by atoms with Crippen LogP contribution in [0.2, 0.25) is 4.34 Å². The van der Waals surface area contributed by atoms with Crippen LogP contribution in [-0.2, 0) is 6.42 Å². The Morgan fingerprint density at radius 1 is 1.44 bits per heavy atom. The van der Waals surface area contributed by atoms with Crippen molar-refractivity contribution in [3.63, 3.8) is 0 Å². The van der Waals surface area contributed by atoms with Crippen molar-refractivity contribution >= 4 is 28.8 Å². The fraction of sp³-hybridized carbons (Fsp3) is 0.182. The lowest BCUT2D eigenvalue weighted by Crippen LogP contribution is -2.24. The molecule has 0 bridgehead atoms. The van der Waals surface area contributed by atoms with Crippen LogP contribution in [0.3, 0.4) is 0 Å². The number of thiophene rings is 1. The fourth-order valence-corrected chi connectivity index (χ4v) is 2.24. The molecule has 0 spiro atoms. The summed E-state index contributed by atoms with van der Waals surface area (Å²) in [5, 5.41) is 2.80. The highest BCUT2D eigenvalue weighted by Gasteiger charge is 2.07. The van der Waals surface area contributed by atoms with E-state index in [1.165, 1.54) is 11.3 Å². The van der Waals surface area contributed by atoms with E-state index < -0.39 is 0 Å². The molecule has 2 heterocycles. The summed E-state index contributed by atoms with van der Waals surface area (Å²) < 4.78 is 5.78. The van der Waals surface area contributed by atoms with E-state index in [1.807, 2.05) is 12.1 Å². The van der Waals surface area contributed by atoms with Gasteiger partial charge in [-0.3, -0.25) is 4.79 Å². The lowest BCUT2D eigenvalue weighted by Gasteiger charge is -2.01. The first-order valence-electron chi connectivity index (χ1n) is 4.81. The molecule has 0 saturated carbocycles. The van der Waals surface area contributed by atoms with Gasteiger partial charge in [-0.2, -0.15) is 0 Å². The molecular weight excluding hydrogens is 246 g/mol. The Hall–Kier alpha value is -1.26. The second-order valence-electron chi connectivity index (χ2n) is 3.19. The van der Waals surface area contributed by atoms with Crippen LogP contribution in [0.15, 0.2) is 34.9 Å². The van der Waals surface area contributed by atoms with Crippen molar-refractivity contribution in [2.24, 2.45) is 0 Å². The van der Waals surface area contributed by atoms with Crippen molar-refractivity contribution in [2.45, 2.75) is 6.42 Å². The van der Waals surface area contributed by atoms with Gasteiger partial charge in [0, 0.05) is 13.0 Å². The molecule has 0 fully saturated rings. The summed E-state index contributed by atoms with van der Waals surface area (Å²) in [5.41, 5.74) is 0. The molecule has 3 nitrogen and oxygen atoms in total. The highest BCUT2D eigenvalue weighted by atomic mass is 35.5. The minimum absolute atomic E-state index is 0.0940. The van der Waals surface area contributed by atoms with Gasteiger partial charge in [0.15, 0.2) is 0 Å². The smallest absolute Gasteiger partial charge is 0.261 e. The Balaban J connectivity index is 1.80. The largest absolute Gasteiger partial charge is 0.469 e. The molecule has 0 aliphatic rings. The van der Waals surface area contributed by atoms with Gasteiger partial charge in [0.2, 0.25) is 0 Å². The van der Waals surface area contributed by atoms with Gasteiger partial charge in [-0.05, 0) is 24.3 Å². The van der Waals surface area contributed by atoms with E-state index in [0.717, 1.165) is 5.76 Å². The number of amides is 1. The SMILES string of the molecule is O=C(NCCc1ccco1)c1ccc(Cl)s1. The van der Waals surface area contributed by atoms with Crippen LogP contribution in [0, 0.1) is 0 Å². The molecule has 0 unspecified atom stereocenters. The standard InChI is InChI=1S/C11H10ClNO2S/c12-10-4-3-9(16-10)11(14)13-6-5-8-2-1-7-15-8/h1-4,7H,5-6H2,(H,13,14). The Morgan fingerprint density at radius 3 is 2.94 bits per heavy atom. The van der Waals surface area contributed by atoms with Gasteiger partial charge < -0.3 is 9.73 Å². The van der Waals surface area contributed by atoms with Crippen LogP contribution in [0.1, 0.15) is 15.4 Å². The number of halogens is 1. The molecule has 0 aliphatic carbocycles. The van der Waals surface area contributed by atoms with Gasteiger partial charge in [0.25, 0.3) is 5.91 Å². The number of rotatable bonds is 4. The lowest BCUT2D eigenvalue weighted by atomic mass is 10.3. The van der Waals surface area contributed by atoms with E-state index in [9.17, 15) is 4.79 Å². The zero-order valence-electron chi connectivity index (χ0n) is 8.40. The summed E-state index contributed by atoms with van der Waals surface area (Å²) in [6, 6.07) is 7.15. The van der Waals surface area contributed by atoms with Gasteiger partial charge in [-0.15, -0.1) is 11.3 Å². The summed E-state index contributed by atoms with van der Waals surface area (Å²) in [7, 11) is 0. The van der Waals surface area contributed by atoms with Crippen LogP contribution >= 0.6 is 22.9 Å². The molecule has 0 atom stereocenters. The van der Waals surface area contributed by atoms with Crippen molar-refractivity contribution in [1.29, 1.82) is 0 Å². The van der Waals surface area contributed by atoms with Crippen LogP contribution in [-0.4, -0.2) is 12.5 Å². The third kappa shape index (κ3) is 2.87. The molecule has 2 aromatic rings. The number of carbonyl (C=O) groups excluding carboxylic acids is 1. The van der Waals surface area contributed by atoms with E-state index >= 15 is 0 Å². The number of carbonyl (C=O) groups is 1. The van der Waals surface area contributed by atoms with Gasteiger partial charge >= 0.3 is 0 Å². The summed E-state index contributed by atoms with van der Waals surface area (Å²) in [6.07, 6.45) is 2.31. The minimum Gasteiger partial charge on any atom is -0.469 e. The molecule has 1 N–H and O–H groups in total. The molecule has 84 valence electrons. The molecule has 0 aromatic carbocycles. The molecule has 5 heteroatoms. The third-order valence-electron chi connectivity index (χ3n) is 2.03. The zero-order valence-corrected chi connectivity index (χ0v) is 9.98. The monoisotopic (exact) mass is 255 g/mol. The van der Waals surface area contributed by atoms with Crippen LogP contribution < -0.4 is 5.32 Å². The third-order valence-corrected chi connectivity index (χ3v) is 3.26. The molecule has 0 radical (unpaired) electrons. The van der Waals surface area contributed by atoms with E-state index in [-0.39, 0.29) is 5.91 Å². The molecule has 2 rings (SSSR count). The zero-order chi connectivity index (χ0) is 11.4. The van der Waals surface area contributed by atoms with Crippen LogP contribution in [0.4, 0.5) is 0 Å². The van der Waals surface area contributed by atoms with Crippen molar-refractivity contribution in [3.8, 4) is 0 Å². The Labute approximate surface area is 102 Å². The second kappa shape index (κ2) is 5.18. The molecule has 2 aromatic heterocycles. The Bertz CT molecular complexity index is 464. The predicted octanol–water partition coefficient (Wildman–Crippen LogP) is 2.97. The number of hydrogen-bond acceptors (Lipinski definition) is 3. The molecule has 0 saturated heterocycles. The maximum Gasteiger partial charge on any atom is 0.261 e. The maximum absolute atomic E-state index is 11.6. The van der Waals surface area contributed by atoms with Crippen LogP contribution in [0.25, 0.3) is 0 Å². The minimum atomic E-state index is -0.0940.